The molecule has 6 heteroatoms. The predicted octanol–water partition coefficient (Wildman–Crippen LogP) is 9.67. The minimum absolute atomic E-state index is 0.0376. The minimum atomic E-state index is -0.321. The van der Waals surface area contributed by atoms with Crippen molar-refractivity contribution < 1.29 is 14.3 Å². The largest absolute Gasteiger partial charge is 0.507 e. The maximum atomic E-state index is 13.8. The van der Waals surface area contributed by atoms with Crippen molar-refractivity contribution in [2.45, 2.75) is 93.4 Å². The zero-order chi connectivity index (χ0) is 34.4. The molecule has 0 saturated heterocycles. The number of halogens is 1. The van der Waals surface area contributed by atoms with Gasteiger partial charge in [0.2, 0.25) is 0 Å². The maximum Gasteiger partial charge on any atom is 0.258 e. The number of aliphatic imine (C=N–C) groups is 1. The van der Waals surface area contributed by atoms with Gasteiger partial charge in [0.1, 0.15) is 11.6 Å². The lowest BCUT2D eigenvalue weighted by molar-refractivity contribution is 0.0760. The number of nitrogens with zero attached hydrogens (tertiary/aromatic N) is 2. The molecular weight excluding hydrogens is 573 g/mol. The fourth-order valence-electron chi connectivity index (χ4n) is 5.05. The lowest BCUT2D eigenvalue weighted by Gasteiger charge is -2.30. The third-order valence-corrected chi connectivity index (χ3v) is 7.95. The van der Waals surface area contributed by atoms with Crippen LogP contribution in [0.3, 0.4) is 0 Å². The highest BCUT2D eigenvalue weighted by molar-refractivity contribution is 6.13. The molecule has 250 valence electrons. The minimum Gasteiger partial charge on any atom is -0.507 e. The van der Waals surface area contributed by atoms with E-state index in [1.165, 1.54) is 55.0 Å². The maximum absolute atomic E-state index is 13.8. The molecule has 6 rings (SSSR count). The summed E-state index contributed by atoms with van der Waals surface area (Å²) in [6.45, 7) is 16.7. The molecule has 2 aliphatic carbocycles. The van der Waals surface area contributed by atoms with Crippen LogP contribution in [0.2, 0.25) is 0 Å². The molecule has 3 N–H and O–H groups in total. The van der Waals surface area contributed by atoms with Crippen LogP contribution in [0.4, 0.5) is 4.39 Å². The van der Waals surface area contributed by atoms with Gasteiger partial charge in [0.05, 0.1) is 17.8 Å². The second-order valence-electron chi connectivity index (χ2n) is 11.9. The number of carbonyl (C=O) groups excluding carboxylic acids is 1. The molecule has 1 heterocycles. The molecule has 46 heavy (non-hydrogen) atoms. The number of nitrogens with two attached hydrogens (primary N) is 1. The Morgan fingerprint density at radius 1 is 0.913 bits per heavy atom. The fourth-order valence-corrected chi connectivity index (χ4v) is 5.05. The van der Waals surface area contributed by atoms with Crippen LogP contribution < -0.4 is 5.73 Å². The second-order valence-corrected chi connectivity index (χ2v) is 11.9. The number of aryl methyl sites for hydroxylation is 3. The molecule has 0 radical (unpaired) electrons. The SMILES string of the molecule is CC.CC.CC1CC1.CN=C(C1=C(N)CN(C(=O)c2c(C)cccc2O)CC1)c1cc(C)cc(F)c1.Cc1ccc(C2CC2)cc1. The van der Waals surface area contributed by atoms with Crippen molar-refractivity contribution >= 4 is 11.6 Å². The molecule has 5 nitrogen and oxygen atoms in total. The number of aromatic hydroxyl groups is 1. The topological polar surface area (TPSA) is 78.9 Å². The van der Waals surface area contributed by atoms with E-state index in [1.807, 2.05) is 40.7 Å². The van der Waals surface area contributed by atoms with Crippen molar-refractivity contribution in [2.75, 3.05) is 20.1 Å². The standard InChI is InChI=1S/C22H24FN3O2.C10H12.C4H8.2C2H6/c1-13-9-15(11-16(23)10-13)21(25-3)17-7-8-26(12-18(17)24)22(28)20-14(2)5-4-6-19(20)27;1-8-2-4-9(5-3-8)10-6-7-10;1-4-2-3-4;2*1-2/h4-6,9-11,27H,7-8,12,24H2,1-3H3;2-5,10H,6-7H2,1H3;4H,2-3H2,1H3;2*1-2H3. The lowest BCUT2D eigenvalue weighted by atomic mass is 9.93. The van der Waals surface area contributed by atoms with Crippen LogP contribution in [-0.4, -0.2) is 41.8 Å². The van der Waals surface area contributed by atoms with Crippen molar-refractivity contribution in [3.63, 3.8) is 0 Å². The van der Waals surface area contributed by atoms with Crippen LogP contribution >= 0.6 is 0 Å². The zero-order valence-corrected chi connectivity index (χ0v) is 29.6. The van der Waals surface area contributed by atoms with E-state index in [0.717, 1.165) is 23.0 Å². The average molecular weight is 630 g/mol. The lowest BCUT2D eigenvalue weighted by Crippen LogP contribution is -2.40. The van der Waals surface area contributed by atoms with E-state index in [-0.39, 0.29) is 24.0 Å². The van der Waals surface area contributed by atoms with Crippen LogP contribution in [-0.2, 0) is 0 Å². The molecule has 0 aromatic heterocycles. The monoisotopic (exact) mass is 629 g/mol. The first-order chi connectivity index (χ1) is 22.1. The van der Waals surface area contributed by atoms with Gasteiger partial charge in [-0.1, -0.05) is 89.4 Å². The number of amides is 1. The summed E-state index contributed by atoms with van der Waals surface area (Å²) in [7, 11) is 1.65. The van der Waals surface area contributed by atoms with Crippen LogP contribution in [0.25, 0.3) is 0 Å². The van der Waals surface area contributed by atoms with Crippen molar-refractivity contribution in [3.05, 3.63) is 111 Å². The van der Waals surface area contributed by atoms with Gasteiger partial charge in [0.25, 0.3) is 5.91 Å². The highest BCUT2D eigenvalue weighted by Crippen LogP contribution is 2.39. The van der Waals surface area contributed by atoms with Gasteiger partial charge in [0.15, 0.2) is 0 Å². The van der Waals surface area contributed by atoms with E-state index in [0.29, 0.717) is 41.1 Å². The summed E-state index contributed by atoms with van der Waals surface area (Å²) in [5.74, 6) is 1.37. The van der Waals surface area contributed by atoms with E-state index >= 15 is 0 Å². The summed E-state index contributed by atoms with van der Waals surface area (Å²) in [5.41, 5.74) is 13.7. The van der Waals surface area contributed by atoms with Crippen LogP contribution in [0.1, 0.15) is 111 Å². The number of phenols is 1. The van der Waals surface area contributed by atoms with Crippen molar-refractivity contribution in [1.29, 1.82) is 0 Å². The molecule has 2 fully saturated rings. The first-order valence-electron chi connectivity index (χ1n) is 16.9. The third kappa shape index (κ3) is 11.5. The quantitative estimate of drug-likeness (QED) is 0.282. The molecule has 0 atom stereocenters. The Morgan fingerprint density at radius 2 is 1.52 bits per heavy atom. The highest BCUT2D eigenvalue weighted by atomic mass is 19.1. The number of carbonyl (C=O) groups is 1. The van der Waals surface area contributed by atoms with Gasteiger partial charge in [-0.15, -0.1) is 0 Å². The van der Waals surface area contributed by atoms with Crippen LogP contribution in [0, 0.1) is 32.5 Å². The number of hydrogen-bond acceptors (Lipinski definition) is 4. The van der Waals surface area contributed by atoms with E-state index < -0.39 is 0 Å². The molecule has 2 saturated carbocycles. The van der Waals surface area contributed by atoms with Gasteiger partial charge in [-0.05, 0) is 92.8 Å². The Balaban J connectivity index is 0.000000331. The number of rotatable bonds is 4. The Morgan fingerprint density at radius 3 is 2.00 bits per heavy atom. The summed E-state index contributed by atoms with van der Waals surface area (Å²) >= 11 is 0. The van der Waals surface area contributed by atoms with Crippen molar-refractivity contribution in [1.82, 2.24) is 4.90 Å². The summed E-state index contributed by atoms with van der Waals surface area (Å²) < 4.78 is 13.8. The van der Waals surface area contributed by atoms with E-state index in [9.17, 15) is 14.3 Å². The molecule has 0 unspecified atom stereocenters. The zero-order valence-electron chi connectivity index (χ0n) is 29.6. The normalized spacial score (nSPS) is 15.5. The molecule has 3 aromatic rings. The van der Waals surface area contributed by atoms with Crippen molar-refractivity contribution in [3.8, 4) is 5.75 Å². The first kappa shape index (κ1) is 38.3. The summed E-state index contributed by atoms with van der Waals surface area (Å²) in [5, 5.41) is 10.1. The Bertz CT molecular complexity index is 1430. The molecule has 3 aliphatic rings. The number of phenolic OH excluding ortho intramolecular Hbond substituents is 1. The fraction of sp³-hybridized carbons (Fsp3) is 0.450. The highest BCUT2D eigenvalue weighted by Gasteiger charge is 2.27. The second kappa shape index (κ2) is 18.9. The molecule has 3 aromatic carbocycles. The van der Waals surface area contributed by atoms with Gasteiger partial charge in [-0.3, -0.25) is 9.79 Å². The molecule has 1 aliphatic heterocycles. The molecule has 1 amide bonds. The first-order valence-corrected chi connectivity index (χ1v) is 16.9. The molecular formula is C40H56FN3O2. The smallest absolute Gasteiger partial charge is 0.258 e. The third-order valence-electron chi connectivity index (χ3n) is 7.95. The van der Waals surface area contributed by atoms with Gasteiger partial charge in [0, 0.05) is 30.4 Å². The summed E-state index contributed by atoms with van der Waals surface area (Å²) in [6, 6.07) is 18.7. The van der Waals surface area contributed by atoms with E-state index in [2.05, 4.69) is 43.1 Å². The van der Waals surface area contributed by atoms with E-state index in [4.69, 9.17) is 5.73 Å². The van der Waals surface area contributed by atoms with Gasteiger partial charge >= 0.3 is 0 Å². The number of benzene rings is 3. The Kier molecular flexibility index (Phi) is 15.7. The summed E-state index contributed by atoms with van der Waals surface area (Å²) in [4.78, 5) is 18.9. The predicted molar refractivity (Wildman–Crippen MR) is 192 cm³/mol. The van der Waals surface area contributed by atoms with Crippen molar-refractivity contribution in [2.24, 2.45) is 16.6 Å². The van der Waals surface area contributed by atoms with Gasteiger partial charge in [-0.25, -0.2) is 4.39 Å². The molecule has 0 spiro atoms. The Labute approximate surface area is 277 Å². The average Bonchev–Trinajstić information content (AvgIpc) is 3.98. The van der Waals surface area contributed by atoms with E-state index in [1.54, 1.807) is 31.0 Å². The number of hydrogen-bond donors (Lipinski definition) is 2. The summed E-state index contributed by atoms with van der Waals surface area (Å²) in [6.07, 6.45) is 6.29. The van der Waals surface area contributed by atoms with Crippen LogP contribution in [0.5, 0.6) is 5.75 Å². The van der Waals surface area contributed by atoms with Crippen LogP contribution in [0.15, 0.2) is 76.9 Å². The van der Waals surface area contributed by atoms with Gasteiger partial charge < -0.3 is 15.7 Å². The van der Waals surface area contributed by atoms with Gasteiger partial charge in [-0.2, -0.15) is 0 Å². The Hall–Kier alpha value is -3.93. The molecule has 0 bridgehead atoms.